The summed E-state index contributed by atoms with van der Waals surface area (Å²) in [7, 11) is 1.23. The molecule has 3 amide bonds. The van der Waals surface area contributed by atoms with Crippen LogP contribution in [0.2, 0.25) is 0 Å². The standard InChI is InChI=1S/C18H23N3O5/c1-11-8-14(11)18(25)19-7-6-15(22)21-13-5-3-4-12(9-13)17(24)20-10-16(23)26-2/h3-5,9,11,14H,6-8,10H2,1-2H3,(H,19,25)(H,20,24)(H,21,22). The van der Waals surface area contributed by atoms with Gasteiger partial charge in [-0.15, -0.1) is 0 Å². The lowest BCUT2D eigenvalue weighted by Gasteiger charge is -2.08. The Labute approximate surface area is 151 Å². The summed E-state index contributed by atoms with van der Waals surface area (Å²) in [5, 5.41) is 7.85. The third kappa shape index (κ3) is 5.87. The molecule has 3 N–H and O–H groups in total. The first-order valence-electron chi connectivity index (χ1n) is 8.43. The Morgan fingerprint density at radius 1 is 1.19 bits per heavy atom. The van der Waals surface area contributed by atoms with Crippen LogP contribution in [0.1, 0.15) is 30.1 Å². The number of carbonyl (C=O) groups is 4. The molecule has 1 aromatic rings. The monoisotopic (exact) mass is 361 g/mol. The molecule has 26 heavy (non-hydrogen) atoms. The highest BCUT2D eigenvalue weighted by Crippen LogP contribution is 2.37. The quantitative estimate of drug-likeness (QED) is 0.590. The molecule has 1 aliphatic carbocycles. The summed E-state index contributed by atoms with van der Waals surface area (Å²) >= 11 is 0. The molecule has 140 valence electrons. The fraction of sp³-hybridized carbons (Fsp3) is 0.444. The van der Waals surface area contributed by atoms with E-state index in [1.165, 1.54) is 13.2 Å². The number of benzene rings is 1. The first-order valence-corrected chi connectivity index (χ1v) is 8.43. The molecule has 1 aliphatic rings. The highest BCUT2D eigenvalue weighted by molar-refractivity contribution is 5.98. The second-order valence-corrected chi connectivity index (χ2v) is 6.25. The molecule has 1 fully saturated rings. The molecule has 1 saturated carbocycles. The predicted octanol–water partition coefficient (Wildman–Crippen LogP) is 0.690. The van der Waals surface area contributed by atoms with Gasteiger partial charge in [0.1, 0.15) is 6.54 Å². The molecular weight excluding hydrogens is 338 g/mol. The lowest BCUT2D eigenvalue weighted by Crippen LogP contribution is -2.30. The van der Waals surface area contributed by atoms with Crippen molar-refractivity contribution >= 4 is 29.4 Å². The van der Waals surface area contributed by atoms with Gasteiger partial charge in [-0.1, -0.05) is 13.0 Å². The molecule has 8 nitrogen and oxygen atoms in total. The van der Waals surface area contributed by atoms with E-state index in [0.717, 1.165) is 6.42 Å². The average molecular weight is 361 g/mol. The average Bonchev–Trinajstić information content (AvgIpc) is 3.36. The van der Waals surface area contributed by atoms with Crippen LogP contribution in [0.25, 0.3) is 0 Å². The largest absolute Gasteiger partial charge is 0.468 e. The Morgan fingerprint density at radius 2 is 1.92 bits per heavy atom. The zero-order valence-corrected chi connectivity index (χ0v) is 14.8. The van der Waals surface area contributed by atoms with Crippen LogP contribution in [0.15, 0.2) is 24.3 Å². The van der Waals surface area contributed by atoms with Crippen LogP contribution in [0.5, 0.6) is 0 Å². The van der Waals surface area contributed by atoms with Gasteiger partial charge in [0.25, 0.3) is 5.91 Å². The molecule has 2 atom stereocenters. The van der Waals surface area contributed by atoms with E-state index in [9.17, 15) is 19.2 Å². The smallest absolute Gasteiger partial charge is 0.325 e. The number of carbonyl (C=O) groups excluding carboxylic acids is 4. The maximum atomic E-state index is 12.0. The SMILES string of the molecule is COC(=O)CNC(=O)c1cccc(NC(=O)CCNC(=O)C2CC2C)c1. The first kappa shape index (κ1) is 19.4. The van der Waals surface area contributed by atoms with Gasteiger partial charge in [0.05, 0.1) is 7.11 Å². The molecule has 0 spiro atoms. The maximum Gasteiger partial charge on any atom is 0.325 e. The molecule has 0 bridgehead atoms. The van der Waals surface area contributed by atoms with Crippen LogP contribution in [0, 0.1) is 11.8 Å². The number of nitrogens with one attached hydrogen (secondary N) is 3. The minimum atomic E-state index is -0.551. The zero-order chi connectivity index (χ0) is 19.1. The van der Waals surface area contributed by atoms with Crippen molar-refractivity contribution in [2.24, 2.45) is 11.8 Å². The molecule has 0 saturated heterocycles. The molecule has 1 aromatic carbocycles. The van der Waals surface area contributed by atoms with E-state index < -0.39 is 11.9 Å². The first-order chi connectivity index (χ1) is 12.4. The lowest BCUT2D eigenvalue weighted by atomic mass is 10.2. The highest BCUT2D eigenvalue weighted by Gasteiger charge is 2.38. The molecule has 0 radical (unpaired) electrons. The minimum absolute atomic E-state index is 0.00502. The van der Waals surface area contributed by atoms with Crippen LogP contribution in [-0.4, -0.2) is 43.9 Å². The predicted molar refractivity (Wildman–Crippen MR) is 94.3 cm³/mol. The van der Waals surface area contributed by atoms with E-state index in [1.54, 1.807) is 18.2 Å². The Bertz CT molecular complexity index is 704. The van der Waals surface area contributed by atoms with Crippen molar-refractivity contribution in [3.05, 3.63) is 29.8 Å². The van der Waals surface area contributed by atoms with Crippen LogP contribution >= 0.6 is 0 Å². The second kappa shape index (κ2) is 8.98. The van der Waals surface area contributed by atoms with Gasteiger partial charge in [0, 0.05) is 30.1 Å². The lowest BCUT2D eigenvalue weighted by molar-refractivity contribution is -0.139. The van der Waals surface area contributed by atoms with Gasteiger partial charge >= 0.3 is 5.97 Å². The van der Waals surface area contributed by atoms with Gasteiger partial charge in [-0.05, 0) is 30.5 Å². The van der Waals surface area contributed by atoms with Gasteiger partial charge < -0.3 is 20.7 Å². The van der Waals surface area contributed by atoms with Gasteiger partial charge in [0.15, 0.2) is 0 Å². The van der Waals surface area contributed by atoms with E-state index >= 15 is 0 Å². The normalized spacial score (nSPS) is 17.8. The van der Waals surface area contributed by atoms with E-state index in [2.05, 4.69) is 20.7 Å². The summed E-state index contributed by atoms with van der Waals surface area (Å²) in [6, 6.07) is 6.35. The van der Waals surface area contributed by atoms with E-state index in [-0.39, 0.29) is 37.2 Å². The number of esters is 1. The van der Waals surface area contributed by atoms with Crippen molar-refractivity contribution < 1.29 is 23.9 Å². The fourth-order valence-corrected chi connectivity index (χ4v) is 2.41. The van der Waals surface area contributed by atoms with Gasteiger partial charge in [0.2, 0.25) is 11.8 Å². The minimum Gasteiger partial charge on any atom is -0.468 e. The third-order valence-corrected chi connectivity index (χ3v) is 4.13. The van der Waals surface area contributed by atoms with Crippen molar-refractivity contribution in [1.29, 1.82) is 0 Å². The maximum absolute atomic E-state index is 12.0. The number of methoxy groups -OCH3 is 1. The van der Waals surface area contributed by atoms with E-state index in [0.29, 0.717) is 17.2 Å². The van der Waals surface area contributed by atoms with Crippen molar-refractivity contribution in [3.63, 3.8) is 0 Å². The summed E-state index contributed by atoms with van der Waals surface area (Å²) in [4.78, 5) is 46.7. The summed E-state index contributed by atoms with van der Waals surface area (Å²) < 4.78 is 4.45. The summed E-state index contributed by atoms with van der Waals surface area (Å²) in [5.41, 5.74) is 0.769. The summed E-state index contributed by atoms with van der Waals surface area (Å²) in [5.74, 6) is -0.756. The molecular formula is C18H23N3O5. The van der Waals surface area contributed by atoms with Gasteiger partial charge in [-0.25, -0.2) is 0 Å². The number of ether oxygens (including phenoxy) is 1. The highest BCUT2D eigenvalue weighted by atomic mass is 16.5. The van der Waals surface area contributed by atoms with E-state index in [1.807, 2.05) is 6.92 Å². The number of hydrogen-bond acceptors (Lipinski definition) is 5. The number of anilines is 1. The molecule has 2 unspecified atom stereocenters. The number of rotatable bonds is 8. The van der Waals surface area contributed by atoms with E-state index in [4.69, 9.17) is 0 Å². The molecule has 0 aliphatic heterocycles. The van der Waals surface area contributed by atoms with Gasteiger partial charge in [-0.2, -0.15) is 0 Å². The molecule has 8 heteroatoms. The molecule has 0 aromatic heterocycles. The summed E-state index contributed by atoms with van der Waals surface area (Å²) in [6.45, 7) is 2.06. The van der Waals surface area contributed by atoms with Crippen molar-refractivity contribution in [2.75, 3.05) is 25.5 Å². The molecule has 2 rings (SSSR count). The van der Waals surface area contributed by atoms with Crippen molar-refractivity contribution in [1.82, 2.24) is 10.6 Å². The van der Waals surface area contributed by atoms with Crippen LogP contribution in [0.4, 0.5) is 5.69 Å². The number of hydrogen-bond donors (Lipinski definition) is 3. The van der Waals surface area contributed by atoms with Crippen LogP contribution in [-0.2, 0) is 19.1 Å². The Balaban J connectivity index is 1.77. The third-order valence-electron chi connectivity index (χ3n) is 4.13. The van der Waals surface area contributed by atoms with Crippen molar-refractivity contribution in [2.45, 2.75) is 19.8 Å². The number of amides is 3. The topological polar surface area (TPSA) is 114 Å². The zero-order valence-electron chi connectivity index (χ0n) is 14.8. The summed E-state index contributed by atoms with van der Waals surface area (Å²) in [6.07, 6.45) is 1.05. The Kier molecular flexibility index (Phi) is 6.71. The van der Waals surface area contributed by atoms with Gasteiger partial charge in [-0.3, -0.25) is 19.2 Å². The van der Waals surface area contributed by atoms with Crippen molar-refractivity contribution in [3.8, 4) is 0 Å². The fourth-order valence-electron chi connectivity index (χ4n) is 2.41. The second-order valence-electron chi connectivity index (χ2n) is 6.25. The Hall–Kier alpha value is -2.90. The van der Waals surface area contributed by atoms with Crippen LogP contribution < -0.4 is 16.0 Å². The Morgan fingerprint density at radius 3 is 2.58 bits per heavy atom. The van der Waals surface area contributed by atoms with Crippen LogP contribution in [0.3, 0.4) is 0 Å². The molecule has 0 heterocycles.